The molecule has 0 aromatic rings. The Labute approximate surface area is 78.7 Å². The standard InChI is InChI=1S/C8H19NO2S/c9-3-8-12-7-2-6-11-5-1-4-10/h10H,1-9H2. The van der Waals surface area contributed by atoms with E-state index in [9.17, 15) is 0 Å². The second-order valence-electron chi connectivity index (χ2n) is 2.44. The van der Waals surface area contributed by atoms with Gasteiger partial charge in [-0.05, 0) is 18.6 Å². The normalized spacial score (nSPS) is 10.5. The van der Waals surface area contributed by atoms with E-state index in [-0.39, 0.29) is 6.61 Å². The Bertz CT molecular complexity index is 73.5. The molecule has 0 amide bonds. The fourth-order valence-corrected chi connectivity index (χ4v) is 1.41. The Hall–Kier alpha value is 0.230. The van der Waals surface area contributed by atoms with Gasteiger partial charge < -0.3 is 15.6 Å². The van der Waals surface area contributed by atoms with Gasteiger partial charge in [-0.1, -0.05) is 0 Å². The summed E-state index contributed by atoms with van der Waals surface area (Å²) in [6.07, 6.45) is 1.83. The number of ether oxygens (including phenoxy) is 1. The van der Waals surface area contributed by atoms with Crippen molar-refractivity contribution in [2.45, 2.75) is 12.8 Å². The Morgan fingerprint density at radius 3 is 2.58 bits per heavy atom. The molecule has 0 rings (SSSR count). The molecule has 0 aromatic carbocycles. The molecule has 0 fully saturated rings. The minimum atomic E-state index is 0.224. The van der Waals surface area contributed by atoms with Crippen molar-refractivity contribution in [3.63, 3.8) is 0 Å². The number of hydrogen-bond acceptors (Lipinski definition) is 4. The van der Waals surface area contributed by atoms with E-state index in [2.05, 4.69) is 0 Å². The number of thioether (sulfide) groups is 1. The third kappa shape index (κ3) is 10.2. The molecular formula is C8H19NO2S. The highest BCUT2D eigenvalue weighted by molar-refractivity contribution is 7.99. The second kappa shape index (κ2) is 11.2. The van der Waals surface area contributed by atoms with E-state index in [1.807, 2.05) is 11.8 Å². The van der Waals surface area contributed by atoms with Gasteiger partial charge in [0.05, 0.1) is 0 Å². The van der Waals surface area contributed by atoms with E-state index in [4.69, 9.17) is 15.6 Å². The van der Waals surface area contributed by atoms with Crippen LogP contribution in [0.1, 0.15) is 12.8 Å². The quantitative estimate of drug-likeness (QED) is 0.523. The largest absolute Gasteiger partial charge is 0.396 e. The summed E-state index contributed by atoms with van der Waals surface area (Å²) in [7, 11) is 0. The van der Waals surface area contributed by atoms with Crippen LogP contribution < -0.4 is 5.73 Å². The predicted molar refractivity (Wildman–Crippen MR) is 53.5 cm³/mol. The van der Waals surface area contributed by atoms with Gasteiger partial charge in [0, 0.05) is 32.1 Å². The first-order valence-corrected chi connectivity index (χ1v) is 5.53. The van der Waals surface area contributed by atoms with Crippen molar-refractivity contribution in [1.82, 2.24) is 0 Å². The molecular weight excluding hydrogens is 174 g/mol. The number of rotatable bonds is 9. The lowest BCUT2D eigenvalue weighted by atomic mass is 10.5. The van der Waals surface area contributed by atoms with Crippen molar-refractivity contribution >= 4 is 11.8 Å². The Morgan fingerprint density at radius 2 is 1.92 bits per heavy atom. The number of nitrogens with two attached hydrogens (primary N) is 1. The average Bonchev–Trinajstić information content (AvgIpc) is 2.10. The first-order chi connectivity index (χ1) is 5.91. The fraction of sp³-hybridized carbons (Fsp3) is 1.00. The minimum Gasteiger partial charge on any atom is -0.396 e. The lowest BCUT2D eigenvalue weighted by Gasteiger charge is -2.02. The SMILES string of the molecule is NCCSCCCOCCCO. The van der Waals surface area contributed by atoms with Crippen molar-refractivity contribution in [2.75, 3.05) is 37.9 Å². The highest BCUT2D eigenvalue weighted by Gasteiger charge is 1.89. The molecule has 4 heteroatoms. The van der Waals surface area contributed by atoms with Crippen LogP contribution in [0.4, 0.5) is 0 Å². The summed E-state index contributed by atoms with van der Waals surface area (Å²) >= 11 is 1.86. The van der Waals surface area contributed by atoms with Crippen LogP contribution in [-0.2, 0) is 4.74 Å². The summed E-state index contributed by atoms with van der Waals surface area (Å²) < 4.78 is 5.25. The van der Waals surface area contributed by atoms with Gasteiger partial charge >= 0.3 is 0 Å². The number of aliphatic hydroxyl groups is 1. The summed E-state index contributed by atoms with van der Waals surface area (Å²) in [5.41, 5.74) is 5.33. The zero-order chi connectivity index (χ0) is 9.07. The molecule has 0 aliphatic heterocycles. The van der Waals surface area contributed by atoms with E-state index in [0.29, 0.717) is 6.61 Å². The first-order valence-electron chi connectivity index (χ1n) is 4.38. The van der Waals surface area contributed by atoms with Gasteiger partial charge in [0.25, 0.3) is 0 Å². The van der Waals surface area contributed by atoms with Gasteiger partial charge in [-0.3, -0.25) is 0 Å². The smallest absolute Gasteiger partial charge is 0.0487 e. The molecule has 0 bridgehead atoms. The van der Waals surface area contributed by atoms with Gasteiger partial charge in [0.2, 0.25) is 0 Å². The maximum absolute atomic E-state index is 8.44. The molecule has 0 aliphatic rings. The average molecular weight is 193 g/mol. The van der Waals surface area contributed by atoms with E-state index in [1.165, 1.54) is 0 Å². The topological polar surface area (TPSA) is 55.5 Å². The maximum atomic E-state index is 8.44. The van der Waals surface area contributed by atoms with Crippen LogP contribution in [0.2, 0.25) is 0 Å². The van der Waals surface area contributed by atoms with E-state index >= 15 is 0 Å². The van der Waals surface area contributed by atoms with Gasteiger partial charge in [0.15, 0.2) is 0 Å². The highest BCUT2D eigenvalue weighted by Crippen LogP contribution is 2.00. The van der Waals surface area contributed by atoms with Crippen LogP contribution in [-0.4, -0.2) is 43.0 Å². The van der Waals surface area contributed by atoms with Crippen molar-refractivity contribution in [2.24, 2.45) is 5.73 Å². The molecule has 0 aromatic heterocycles. The molecule has 3 nitrogen and oxygen atoms in total. The molecule has 0 radical (unpaired) electrons. The van der Waals surface area contributed by atoms with Crippen LogP contribution >= 0.6 is 11.8 Å². The van der Waals surface area contributed by atoms with Crippen LogP contribution in [0.3, 0.4) is 0 Å². The van der Waals surface area contributed by atoms with Gasteiger partial charge in [-0.25, -0.2) is 0 Å². The van der Waals surface area contributed by atoms with Crippen LogP contribution in [0.25, 0.3) is 0 Å². The van der Waals surface area contributed by atoms with E-state index in [1.54, 1.807) is 0 Å². The summed E-state index contributed by atoms with van der Waals surface area (Å²) in [5, 5.41) is 8.44. The van der Waals surface area contributed by atoms with Crippen molar-refractivity contribution in [3.8, 4) is 0 Å². The highest BCUT2D eigenvalue weighted by atomic mass is 32.2. The molecule has 0 spiro atoms. The number of hydrogen-bond donors (Lipinski definition) is 2. The Morgan fingerprint density at radius 1 is 1.17 bits per heavy atom. The van der Waals surface area contributed by atoms with Crippen molar-refractivity contribution in [1.29, 1.82) is 0 Å². The molecule has 3 N–H and O–H groups in total. The fourth-order valence-electron chi connectivity index (χ4n) is 0.717. The summed E-state index contributed by atoms with van der Waals surface area (Å²) in [6.45, 7) is 2.47. The molecule has 0 heterocycles. The third-order valence-corrected chi connectivity index (χ3v) is 2.39. The molecule has 0 saturated heterocycles. The lowest BCUT2D eigenvalue weighted by molar-refractivity contribution is 0.117. The van der Waals surface area contributed by atoms with Gasteiger partial charge in [-0.2, -0.15) is 11.8 Å². The monoisotopic (exact) mass is 193 g/mol. The molecule has 0 aliphatic carbocycles. The molecule has 0 saturated carbocycles. The molecule has 12 heavy (non-hydrogen) atoms. The van der Waals surface area contributed by atoms with Crippen LogP contribution in [0.5, 0.6) is 0 Å². The molecule has 74 valence electrons. The van der Waals surface area contributed by atoms with Crippen molar-refractivity contribution < 1.29 is 9.84 Å². The Balaban J connectivity index is 2.73. The van der Waals surface area contributed by atoms with Crippen LogP contribution in [0.15, 0.2) is 0 Å². The lowest BCUT2D eigenvalue weighted by Crippen LogP contribution is -2.03. The van der Waals surface area contributed by atoms with Crippen molar-refractivity contribution in [3.05, 3.63) is 0 Å². The zero-order valence-electron chi connectivity index (χ0n) is 7.50. The summed E-state index contributed by atoms with van der Waals surface area (Å²) in [5.74, 6) is 2.16. The minimum absolute atomic E-state index is 0.224. The van der Waals surface area contributed by atoms with Gasteiger partial charge in [-0.15, -0.1) is 0 Å². The number of aliphatic hydroxyl groups excluding tert-OH is 1. The molecule has 0 unspecified atom stereocenters. The predicted octanol–water partition coefficient (Wildman–Crippen LogP) is 0.467. The van der Waals surface area contributed by atoms with Gasteiger partial charge in [0.1, 0.15) is 0 Å². The first kappa shape index (κ1) is 12.2. The summed E-state index contributed by atoms with van der Waals surface area (Å²) in [4.78, 5) is 0. The Kier molecular flexibility index (Phi) is 11.4. The van der Waals surface area contributed by atoms with E-state index < -0.39 is 0 Å². The second-order valence-corrected chi connectivity index (χ2v) is 3.67. The maximum Gasteiger partial charge on any atom is 0.0487 e. The molecule has 0 atom stereocenters. The third-order valence-electron chi connectivity index (χ3n) is 1.29. The van der Waals surface area contributed by atoms with Crippen LogP contribution in [0, 0.1) is 0 Å². The summed E-state index contributed by atoms with van der Waals surface area (Å²) in [6, 6.07) is 0. The van der Waals surface area contributed by atoms with E-state index in [0.717, 1.165) is 37.5 Å². The zero-order valence-corrected chi connectivity index (χ0v) is 8.31.